The molecular formula is C22H26FN5O2S. The van der Waals surface area contributed by atoms with E-state index < -0.39 is 31.1 Å². The van der Waals surface area contributed by atoms with Gasteiger partial charge in [-0.1, -0.05) is 6.07 Å². The fourth-order valence-corrected chi connectivity index (χ4v) is 7.56. The topological polar surface area (TPSA) is 111 Å². The highest BCUT2D eigenvalue weighted by atomic mass is 32.2. The molecule has 1 aromatic carbocycles. The van der Waals surface area contributed by atoms with Crippen LogP contribution in [0.1, 0.15) is 54.5 Å². The average molecular weight is 444 g/mol. The summed E-state index contributed by atoms with van der Waals surface area (Å²) in [5.41, 5.74) is 6.41. The number of fused-ring (bicyclic) bond motifs is 1. The minimum Gasteiger partial charge on any atom is -0.386 e. The maximum absolute atomic E-state index is 15.1. The second-order valence-electron chi connectivity index (χ2n) is 8.79. The number of aromatic nitrogens is 2. The number of Topliss-reactive ketones (excluding diaryl/α,β-unsaturated/α-hetero) is 1. The molecule has 164 valence electrons. The van der Waals surface area contributed by atoms with Crippen LogP contribution < -0.4 is 5.73 Å². The molecule has 2 aliphatic rings. The molecule has 7 nitrogen and oxygen atoms in total. The van der Waals surface area contributed by atoms with Crippen molar-refractivity contribution < 1.29 is 13.4 Å². The summed E-state index contributed by atoms with van der Waals surface area (Å²) in [4.78, 5) is 25.5. The van der Waals surface area contributed by atoms with Crippen LogP contribution >= 0.6 is 0 Å². The van der Waals surface area contributed by atoms with Gasteiger partial charge in [-0.15, -0.1) is 0 Å². The summed E-state index contributed by atoms with van der Waals surface area (Å²) in [6.07, 6.45) is 3.57. The van der Waals surface area contributed by atoms with E-state index in [1.807, 2.05) is 0 Å². The normalized spacial score (nSPS) is 29.1. The summed E-state index contributed by atoms with van der Waals surface area (Å²) < 4.78 is 32.5. The number of aliphatic imine (C=N–C) groups is 1. The highest BCUT2D eigenvalue weighted by molar-refractivity contribution is 7.96. The number of carbonyl (C=O) groups is 1. The first kappa shape index (κ1) is 21.5. The zero-order valence-corrected chi connectivity index (χ0v) is 18.9. The summed E-state index contributed by atoms with van der Waals surface area (Å²) in [5.74, 6) is 0.145. The average Bonchev–Trinajstić information content (AvgIpc) is 3.13. The lowest BCUT2D eigenvalue weighted by molar-refractivity contribution is 0.0992. The Kier molecular flexibility index (Phi) is 4.99. The number of amidine groups is 1. The Morgan fingerprint density at radius 3 is 2.61 bits per heavy atom. The van der Waals surface area contributed by atoms with Gasteiger partial charge in [0.15, 0.2) is 5.78 Å². The summed E-state index contributed by atoms with van der Waals surface area (Å²) in [5, 5.41) is -0.465. The molecule has 0 saturated carbocycles. The van der Waals surface area contributed by atoms with E-state index in [0.29, 0.717) is 29.9 Å². The summed E-state index contributed by atoms with van der Waals surface area (Å²) in [6.45, 7) is 7.50. The lowest BCUT2D eigenvalue weighted by Crippen LogP contribution is -2.58. The summed E-state index contributed by atoms with van der Waals surface area (Å²) in [6, 6.07) is 4.54. The number of hydrogen-bond donors (Lipinski definition) is 1. The summed E-state index contributed by atoms with van der Waals surface area (Å²) in [7, 11) is -2.76. The molecule has 1 aromatic heterocycles. The van der Waals surface area contributed by atoms with E-state index in [0.717, 1.165) is 0 Å². The molecule has 4 rings (SSSR count). The van der Waals surface area contributed by atoms with Crippen LogP contribution in [-0.4, -0.2) is 42.3 Å². The van der Waals surface area contributed by atoms with Crippen molar-refractivity contribution >= 4 is 21.3 Å². The van der Waals surface area contributed by atoms with E-state index in [-0.39, 0.29) is 23.6 Å². The predicted molar refractivity (Wildman–Crippen MR) is 118 cm³/mol. The Bertz CT molecular complexity index is 1210. The number of benzene rings is 1. The van der Waals surface area contributed by atoms with Gasteiger partial charge in [-0.05, 0) is 51.8 Å². The fraction of sp³-hybridized carbons (Fsp3) is 0.455. The van der Waals surface area contributed by atoms with Crippen LogP contribution in [0.4, 0.5) is 4.39 Å². The number of halogens is 1. The minimum atomic E-state index is -2.76. The SMILES string of the molecule is Cc1ncc(C(=O)Cc2ccc(F)c([C@@]3(C)N=C(N)C(C)(C)[S@@]4(=O)=NCC[C@@H]34)c2)cn1. The number of nitrogens with zero attached hydrogens (tertiary/aromatic N) is 4. The van der Waals surface area contributed by atoms with Crippen LogP contribution in [0.3, 0.4) is 0 Å². The van der Waals surface area contributed by atoms with Crippen molar-refractivity contribution in [2.45, 2.75) is 56.1 Å². The van der Waals surface area contributed by atoms with Gasteiger partial charge < -0.3 is 5.73 Å². The van der Waals surface area contributed by atoms with Crippen molar-refractivity contribution in [1.29, 1.82) is 0 Å². The second kappa shape index (κ2) is 7.19. The van der Waals surface area contributed by atoms with Crippen LogP contribution in [-0.2, 0) is 21.7 Å². The predicted octanol–water partition coefficient (Wildman–Crippen LogP) is 2.95. The monoisotopic (exact) mass is 443 g/mol. The zero-order valence-electron chi connectivity index (χ0n) is 18.1. The quantitative estimate of drug-likeness (QED) is 0.731. The molecule has 0 fully saturated rings. The molecule has 9 heteroatoms. The highest BCUT2D eigenvalue weighted by Crippen LogP contribution is 2.47. The van der Waals surface area contributed by atoms with Crippen molar-refractivity contribution in [3.63, 3.8) is 0 Å². The van der Waals surface area contributed by atoms with E-state index in [2.05, 4.69) is 19.3 Å². The Labute approximate surface area is 181 Å². The van der Waals surface area contributed by atoms with E-state index in [4.69, 9.17) is 5.73 Å². The number of nitrogens with two attached hydrogens (primary N) is 1. The Balaban J connectivity index is 1.76. The minimum absolute atomic E-state index is 0.0604. The van der Waals surface area contributed by atoms with Gasteiger partial charge in [0.2, 0.25) is 0 Å². The van der Waals surface area contributed by atoms with Gasteiger partial charge in [-0.25, -0.2) is 22.9 Å². The van der Waals surface area contributed by atoms with Crippen molar-refractivity contribution in [2.75, 3.05) is 6.54 Å². The maximum atomic E-state index is 15.1. The van der Waals surface area contributed by atoms with Gasteiger partial charge in [0.05, 0.1) is 20.5 Å². The molecule has 0 aliphatic carbocycles. The summed E-state index contributed by atoms with van der Waals surface area (Å²) >= 11 is 0. The molecule has 2 N–H and O–H groups in total. The Hall–Kier alpha value is -2.68. The molecule has 3 atom stereocenters. The van der Waals surface area contributed by atoms with E-state index in [9.17, 15) is 9.00 Å². The number of hydrogen-bond acceptors (Lipinski definition) is 7. The van der Waals surface area contributed by atoms with Crippen molar-refractivity contribution in [3.05, 3.63) is 58.9 Å². The molecular weight excluding hydrogens is 417 g/mol. The third-order valence-electron chi connectivity index (χ3n) is 6.43. The van der Waals surface area contributed by atoms with Gasteiger partial charge in [-0.2, -0.15) is 0 Å². The van der Waals surface area contributed by atoms with Crippen molar-refractivity contribution in [2.24, 2.45) is 15.1 Å². The van der Waals surface area contributed by atoms with E-state index in [1.165, 1.54) is 18.5 Å². The van der Waals surface area contributed by atoms with E-state index in [1.54, 1.807) is 39.8 Å². The number of carbonyl (C=O) groups excluding carboxylic acids is 1. The third-order valence-corrected chi connectivity index (χ3v) is 10.1. The van der Waals surface area contributed by atoms with Crippen LogP contribution in [0.25, 0.3) is 0 Å². The molecule has 0 radical (unpaired) electrons. The van der Waals surface area contributed by atoms with Gasteiger partial charge in [0.1, 0.15) is 27.8 Å². The van der Waals surface area contributed by atoms with Crippen LogP contribution in [0, 0.1) is 12.7 Å². The van der Waals surface area contributed by atoms with Crippen molar-refractivity contribution in [1.82, 2.24) is 9.97 Å². The largest absolute Gasteiger partial charge is 0.386 e. The zero-order chi connectivity index (χ0) is 22.6. The second-order valence-corrected chi connectivity index (χ2v) is 11.8. The van der Waals surface area contributed by atoms with Crippen LogP contribution in [0.15, 0.2) is 39.9 Å². The molecule has 3 heterocycles. The molecule has 0 amide bonds. The molecule has 0 spiro atoms. The first-order chi connectivity index (χ1) is 14.5. The van der Waals surface area contributed by atoms with Crippen LogP contribution in [0.2, 0.25) is 0 Å². The first-order valence-electron chi connectivity index (χ1n) is 10.2. The highest BCUT2D eigenvalue weighted by Gasteiger charge is 2.56. The lowest BCUT2D eigenvalue weighted by Gasteiger charge is -2.44. The molecule has 0 bridgehead atoms. The van der Waals surface area contributed by atoms with Gasteiger partial charge in [0, 0.05) is 30.9 Å². The number of rotatable bonds is 4. The van der Waals surface area contributed by atoms with Gasteiger partial charge in [0.25, 0.3) is 0 Å². The van der Waals surface area contributed by atoms with Crippen LogP contribution in [0.5, 0.6) is 0 Å². The number of aryl methyl sites for hydroxylation is 1. The Morgan fingerprint density at radius 1 is 1.26 bits per heavy atom. The maximum Gasteiger partial charge on any atom is 0.170 e. The molecule has 2 aliphatic heterocycles. The van der Waals surface area contributed by atoms with Gasteiger partial charge in [-0.3, -0.25) is 9.79 Å². The number of ketones is 1. The van der Waals surface area contributed by atoms with Crippen molar-refractivity contribution in [3.8, 4) is 0 Å². The smallest absolute Gasteiger partial charge is 0.170 e. The Morgan fingerprint density at radius 2 is 1.94 bits per heavy atom. The molecule has 2 aromatic rings. The molecule has 0 saturated heterocycles. The standard InChI is InChI=1S/C22H26FN5O2S/c1-13-25-11-15(12-26-13)18(29)10-14-5-6-17(23)16(9-14)22(4)19-7-8-27-31(19,30)21(2,3)20(24)28-22/h5-6,9,11-12,19H,7-8,10H2,1-4H3,(H2,24,28)/t19-,22+,31+/m0/s1. The first-order valence-corrected chi connectivity index (χ1v) is 11.7. The van der Waals surface area contributed by atoms with E-state index >= 15 is 4.39 Å². The lowest BCUT2D eigenvalue weighted by atomic mass is 9.84. The van der Waals surface area contributed by atoms with Gasteiger partial charge >= 0.3 is 0 Å². The molecule has 0 unspecified atom stereocenters. The fourth-order valence-electron chi connectivity index (χ4n) is 4.40. The molecule has 31 heavy (non-hydrogen) atoms. The third kappa shape index (κ3) is 3.26.